The number of aliphatic imine (C=N–C) groups is 1. The Kier molecular flexibility index (Phi) is 8.77. The van der Waals surface area contributed by atoms with Gasteiger partial charge < -0.3 is 10.6 Å². The van der Waals surface area contributed by atoms with Gasteiger partial charge in [-0.2, -0.15) is 0 Å². The molecule has 1 aromatic carbocycles. The smallest absolute Gasteiger partial charge is 0.238 e. The molecule has 7 nitrogen and oxygen atoms in total. The van der Waals surface area contributed by atoms with Gasteiger partial charge in [-0.25, -0.2) is 13.6 Å². The van der Waals surface area contributed by atoms with E-state index in [9.17, 15) is 8.42 Å². The molecular weight excluding hydrogens is 465 g/mol. The van der Waals surface area contributed by atoms with Gasteiger partial charge in [0, 0.05) is 38.8 Å². The van der Waals surface area contributed by atoms with Crippen molar-refractivity contribution < 1.29 is 8.42 Å². The largest absolute Gasteiger partial charge is 0.352 e. The Hall–Kier alpha value is -0.910. The van der Waals surface area contributed by atoms with Crippen molar-refractivity contribution >= 4 is 40.0 Å². The first kappa shape index (κ1) is 23.1. The predicted octanol–water partition coefficient (Wildman–Crippen LogP) is 1.35. The summed E-state index contributed by atoms with van der Waals surface area (Å²) in [7, 11) is -1.90. The minimum absolute atomic E-state index is 0. The highest BCUT2D eigenvalue weighted by Crippen LogP contribution is 2.18. The van der Waals surface area contributed by atoms with E-state index in [0.717, 1.165) is 24.6 Å². The maximum atomic E-state index is 11.3. The van der Waals surface area contributed by atoms with E-state index in [0.29, 0.717) is 24.5 Å². The van der Waals surface area contributed by atoms with E-state index in [4.69, 9.17) is 5.14 Å². The molecule has 9 heteroatoms. The lowest BCUT2D eigenvalue weighted by molar-refractivity contribution is 0.265. The van der Waals surface area contributed by atoms with Gasteiger partial charge in [-0.05, 0) is 37.5 Å². The van der Waals surface area contributed by atoms with Gasteiger partial charge in [-0.3, -0.25) is 9.89 Å². The van der Waals surface area contributed by atoms with E-state index in [1.54, 1.807) is 19.2 Å². The number of nitrogens with two attached hydrogens (primary N) is 1. The van der Waals surface area contributed by atoms with Gasteiger partial charge in [0.05, 0.1) is 4.90 Å². The minimum atomic E-state index is -3.65. The summed E-state index contributed by atoms with van der Waals surface area (Å²) in [5, 5.41) is 11.9. The molecule has 148 valence electrons. The number of guanidine groups is 1. The second kappa shape index (κ2) is 9.86. The number of nitrogens with zero attached hydrogens (tertiary/aromatic N) is 2. The van der Waals surface area contributed by atoms with Gasteiger partial charge in [0.2, 0.25) is 10.0 Å². The van der Waals surface area contributed by atoms with Gasteiger partial charge in [-0.15, -0.1) is 24.0 Å². The summed E-state index contributed by atoms with van der Waals surface area (Å²) < 4.78 is 22.6. The standard InChI is InChI=1S/C17H29N5O2S.HI/c1-12(2)22-10-13(3)16(11-22)21-17(19-4)20-9-14-5-7-15(8-6-14)25(18,23)24;/h5-8,12-13,16H,9-11H2,1-4H3,(H2,18,23,24)(H2,19,20,21);1H. The van der Waals surface area contributed by atoms with Crippen LogP contribution < -0.4 is 15.8 Å². The Morgan fingerprint density at radius 3 is 2.38 bits per heavy atom. The monoisotopic (exact) mass is 495 g/mol. The molecule has 0 bridgehead atoms. The van der Waals surface area contributed by atoms with Crippen LogP contribution in [-0.4, -0.2) is 51.5 Å². The number of benzene rings is 1. The van der Waals surface area contributed by atoms with E-state index >= 15 is 0 Å². The Bertz CT molecular complexity index is 706. The Morgan fingerprint density at radius 1 is 1.31 bits per heavy atom. The number of hydrogen-bond acceptors (Lipinski definition) is 4. The average Bonchev–Trinajstić information content (AvgIpc) is 2.92. The van der Waals surface area contributed by atoms with Crippen LogP contribution in [0.1, 0.15) is 26.3 Å². The van der Waals surface area contributed by atoms with Crippen LogP contribution in [0.3, 0.4) is 0 Å². The van der Waals surface area contributed by atoms with Crippen molar-refractivity contribution in [1.82, 2.24) is 15.5 Å². The highest BCUT2D eigenvalue weighted by Gasteiger charge is 2.31. The van der Waals surface area contributed by atoms with Gasteiger partial charge >= 0.3 is 0 Å². The van der Waals surface area contributed by atoms with Crippen LogP contribution in [0.4, 0.5) is 0 Å². The van der Waals surface area contributed by atoms with Crippen molar-refractivity contribution in [2.24, 2.45) is 16.0 Å². The molecule has 0 spiro atoms. The fraction of sp³-hybridized carbons (Fsp3) is 0.588. The van der Waals surface area contributed by atoms with Gasteiger partial charge in [0.1, 0.15) is 0 Å². The Labute approximate surface area is 173 Å². The van der Waals surface area contributed by atoms with E-state index in [2.05, 4.69) is 41.3 Å². The highest BCUT2D eigenvalue weighted by molar-refractivity contribution is 14.0. The summed E-state index contributed by atoms with van der Waals surface area (Å²) in [4.78, 5) is 6.87. The van der Waals surface area contributed by atoms with Crippen molar-refractivity contribution in [3.63, 3.8) is 0 Å². The molecule has 26 heavy (non-hydrogen) atoms. The average molecular weight is 495 g/mol. The molecule has 0 amide bonds. The molecule has 2 rings (SSSR count). The fourth-order valence-electron chi connectivity index (χ4n) is 2.97. The Morgan fingerprint density at radius 2 is 1.92 bits per heavy atom. The number of hydrogen-bond donors (Lipinski definition) is 3. The van der Waals surface area contributed by atoms with Gasteiger partial charge in [-0.1, -0.05) is 19.1 Å². The van der Waals surface area contributed by atoms with Crippen LogP contribution >= 0.6 is 24.0 Å². The first-order valence-electron chi connectivity index (χ1n) is 8.53. The third-order valence-electron chi connectivity index (χ3n) is 4.63. The number of sulfonamides is 1. The van der Waals surface area contributed by atoms with Crippen LogP contribution in [0.25, 0.3) is 0 Å². The molecule has 1 aliphatic heterocycles. The van der Waals surface area contributed by atoms with Crippen LogP contribution in [0.15, 0.2) is 34.2 Å². The molecule has 1 aromatic rings. The van der Waals surface area contributed by atoms with Crippen LogP contribution in [0.2, 0.25) is 0 Å². The highest BCUT2D eigenvalue weighted by atomic mass is 127. The first-order valence-corrected chi connectivity index (χ1v) is 10.1. The van der Waals surface area contributed by atoms with Crippen molar-refractivity contribution in [2.45, 2.75) is 44.3 Å². The molecule has 0 aromatic heterocycles. The SMILES string of the molecule is CN=C(NCc1ccc(S(N)(=O)=O)cc1)NC1CN(C(C)C)CC1C.I. The summed E-state index contributed by atoms with van der Waals surface area (Å²) in [6.07, 6.45) is 0. The van der Waals surface area contributed by atoms with E-state index in [1.165, 1.54) is 12.1 Å². The summed E-state index contributed by atoms with van der Waals surface area (Å²) in [5.74, 6) is 1.30. The van der Waals surface area contributed by atoms with E-state index in [-0.39, 0.29) is 28.9 Å². The summed E-state index contributed by atoms with van der Waals surface area (Å²) in [5.41, 5.74) is 0.957. The van der Waals surface area contributed by atoms with Gasteiger partial charge in [0.15, 0.2) is 5.96 Å². The number of likely N-dealkylation sites (tertiary alicyclic amines) is 1. The zero-order valence-electron chi connectivity index (χ0n) is 15.8. The van der Waals surface area contributed by atoms with Crippen LogP contribution in [0.5, 0.6) is 0 Å². The van der Waals surface area contributed by atoms with E-state index < -0.39 is 10.0 Å². The van der Waals surface area contributed by atoms with Crippen molar-refractivity contribution in [3.8, 4) is 0 Å². The molecule has 2 atom stereocenters. The molecule has 1 saturated heterocycles. The fourth-order valence-corrected chi connectivity index (χ4v) is 3.48. The molecule has 1 heterocycles. The minimum Gasteiger partial charge on any atom is -0.352 e. The maximum absolute atomic E-state index is 11.3. The topological polar surface area (TPSA) is 99.8 Å². The molecule has 4 N–H and O–H groups in total. The lowest BCUT2D eigenvalue weighted by atomic mass is 10.1. The third kappa shape index (κ3) is 6.36. The first-order chi connectivity index (χ1) is 11.7. The van der Waals surface area contributed by atoms with E-state index in [1.807, 2.05) is 0 Å². The summed E-state index contributed by atoms with van der Waals surface area (Å²) in [6.45, 7) is 9.32. The molecule has 1 fully saturated rings. The number of nitrogens with one attached hydrogen (secondary N) is 2. The Balaban J connectivity index is 0.00000338. The van der Waals surface area contributed by atoms with Crippen molar-refractivity contribution in [3.05, 3.63) is 29.8 Å². The second-order valence-electron chi connectivity index (χ2n) is 6.89. The molecule has 0 aliphatic carbocycles. The number of rotatable bonds is 5. The van der Waals surface area contributed by atoms with Gasteiger partial charge in [0.25, 0.3) is 0 Å². The molecule has 2 unspecified atom stereocenters. The maximum Gasteiger partial charge on any atom is 0.238 e. The summed E-state index contributed by atoms with van der Waals surface area (Å²) in [6, 6.07) is 7.43. The second-order valence-corrected chi connectivity index (χ2v) is 8.45. The quantitative estimate of drug-likeness (QED) is 0.326. The third-order valence-corrected chi connectivity index (χ3v) is 5.56. The van der Waals surface area contributed by atoms with Crippen LogP contribution in [-0.2, 0) is 16.6 Å². The molecule has 0 radical (unpaired) electrons. The lowest BCUT2D eigenvalue weighted by Crippen LogP contribution is -2.46. The predicted molar refractivity (Wildman–Crippen MR) is 116 cm³/mol. The zero-order valence-corrected chi connectivity index (χ0v) is 18.9. The lowest BCUT2D eigenvalue weighted by Gasteiger charge is -2.22. The molecule has 0 saturated carbocycles. The summed E-state index contributed by atoms with van der Waals surface area (Å²) >= 11 is 0. The normalized spacial score (nSPS) is 21.5. The van der Waals surface area contributed by atoms with Crippen molar-refractivity contribution in [2.75, 3.05) is 20.1 Å². The molecular formula is C17H30IN5O2S. The van der Waals surface area contributed by atoms with Crippen LogP contribution in [0, 0.1) is 5.92 Å². The zero-order chi connectivity index (χ0) is 18.6. The van der Waals surface area contributed by atoms with Crippen molar-refractivity contribution in [1.29, 1.82) is 0 Å². The number of halogens is 1. The molecule has 1 aliphatic rings. The number of primary sulfonamides is 1.